The molecule has 9 heavy (non-hydrogen) atoms. The van der Waals surface area contributed by atoms with Crippen LogP contribution in [0.2, 0.25) is 0 Å². The Hall–Kier alpha value is 0.170. The van der Waals surface area contributed by atoms with Crippen molar-refractivity contribution in [1.82, 2.24) is 5.32 Å². The Morgan fingerprint density at radius 2 is 2.33 bits per heavy atom. The van der Waals surface area contributed by atoms with Crippen LogP contribution in [-0.4, -0.2) is 19.1 Å². The third kappa shape index (κ3) is 11.6. The topological polar surface area (TPSA) is 52.2 Å². The van der Waals surface area contributed by atoms with Crippen molar-refractivity contribution in [2.24, 2.45) is 0 Å². The van der Waals surface area contributed by atoms with Gasteiger partial charge in [-0.15, -0.1) is 6.58 Å². The van der Waals surface area contributed by atoms with E-state index < -0.39 is 5.97 Å². The summed E-state index contributed by atoms with van der Waals surface area (Å²) in [6, 6.07) is 0. The van der Waals surface area contributed by atoms with Crippen molar-refractivity contribution < 1.29 is 39.5 Å². The average Bonchev–Trinajstić information content (AvgIpc) is 1.66. The number of hydrogen-bond donors (Lipinski definition) is 1. The summed E-state index contributed by atoms with van der Waals surface area (Å²) < 4.78 is 0. The van der Waals surface area contributed by atoms with Crippen molar-refractivity contribution in [3.63, 3.8) is 0 Å². The van der Waals surface area contributed by atoms with Gasteiger partial charge in [0.05, 0.1) is 5.97 Å². The molecule has 0 fully saturated rings. The molecule has 0 radical (unpaired) electrons. The molecule has 0 rings (SSSR count). The summed E-state index contributed by atoms with van der Waals surface area (Å²) >= 11 is 0. The van der Waals surface area contributed by atoms with Gasteiger partial charge in [-0.1, -0.05) is 6.08 Å². The minimum atomic E-state index is -1.09. The second-order valence-electron chi connectivity index (χ2n) is 1.29. The van der Waals surface area contributed by atoms with Crippen LogP contribution in [0.5, 0.6) is 0 Å². The van der Waals surface area contributed by atoms with Gasteiger partial charge >= 0.3 is 29.6 Å². The summed E-state index contributed by atoms with van der Waals surface area (Å²) in [5, 5.41) is 12.2. The van der Waals surface area contributed by atoms with Crippen molar-refractivity contribution in [2.75, 3.05) is 13.1 Å². The van der Waals surface area contributed by atoms with Crippen LogP contribution in [0.3, 0.4) is 0 Å². The maximum atomic E-state index is 9.67. The van der Waals surface area contributed by atoms with E-state index in [-0.39, 0.29) is 36.1 Å². The summed E-state index contributed by atoms with van der Waals surface area (Å²) in [5.41, 5.74) is 0. The molecule has 0 aliphatic carbocycles. The summed E-state index contributed by atoms with van der Waals surface area (Å²) in [4.78, 5) is 9.67. The third-order valence-corrected chi connectivity index (χ3v) is 0.558. The number of carbonyl (C=O) groups is 1. The second kappa shape index (κ2) is 8.17. The van der Waals surface area contributed by atoms with E-state index in [2.05, 4.69) is 11.9 Å². The fourth-order valence-corrected chi connectivity index (χ4v) is 0.276. The normalized spacial score (nSPS) is 7.56. The average molecular weight is 137 g/mol. The Bertz CT molecular complexity index is 95.0. The molecule has 1 N–H and O–H groups in total. The summed E-state index contributed by atoms with van der Waals surface area (Å²) in [6.45, 7) is 3.78. The first kappa shape index (κ1) is 11.9. The number of hydrogen-bond acceptors (Lipinski definition) is 3. The molecule has 3 nitrogen and oxygen atoms in total. The third-order valence-electron chi connectivity index (χ3n) is 0.558. The Kier molecular flexibility index (Phi) is 10.8. The van der Waals surface area contributed by atoms with Gasteiger partial charge in [-0.05, 0) is 0 Å². The van der Waals surface area contributed by atoms with E-state index in [4.69, 9.17) is 0 Å². The van der Waals surface area contributed by atoms with Crippen LogP contribution in [0.25, 0.3) is 0 Å². The molecule has 0 aromatic carbocycles. The van der Waals surface area contributed by atoms with E-state index in [9.17, 15) is 9.90 Å². The van der Waals surface area contributed by atoms with Crippen LogP contribution in [-0.2, 0) is 4.79 Å². The van der Waals surface area contributed by atoms with Gasteiger partial charge in [-0.2, -0.15) is 0 Å². The SMILES string of the molecule is C=CCNCC(=O)[O-].[Na+]. The van der Waals surface area contributed by atoms with Gasteiger partial charge in [-0.25, -0.2) is 0 Å². The molecule has 0 amide bonds. The first-order valence-corrected chi connectivity index (χ1v) is 2.29. The number of rotatable bonds is 4. The number of nitrogens with one attached hydrogen (secondary N) is 1. The molecule has 0 saturated heterocycles. The minimum absolute atomic E-state index is 0. The zero-order chi connectivity index (χ0) is 6.41. The predicted octanol–water partition coefficient (Wildman–Crippen LogP) is -4.48. The van der Waals surface area contributed by atoms with Gasteiger partial charge in [0.2, 0.25) is 0 Å². The molecule has 0 spiro atoms. The smallest absolute Gasteiger partial charge is 0.549 e. The largest absolute Gasteiger partial charge is 1.00 e. The van der Waals surface area contributed by atoms with Gasteiger partial charge in [0, 0.05) is 13.1 Å². The molecule has 0 aromatic heterocycles. The van der Waals surface area contributed by atoms with Crippen LogP contribution in [0.1, 0.15) is 0 Å². The first-order valence-electron chi connectivity index (χ1n) is 2.29. The summed E-state index contributed by atoms with van der Waals surface area (Å²) in [5.74, 6) is -1.09. The quantitative estimate of drug-likeness (QED) is 0.241. The standard InChI is InChI=1S/C5H9NO2.Na/c1-2-3-6-4-5(7)8;/h2,6H,1,3-4H2,(H,7,8);/q;+1/p-1. The zero-order valence-electron chi connectivity index (χ0n) is 5.52. The molecule has 0 unspecified atom stereocenters. The van der Waals surface area contributed by atoms with E-state index in [1.54, 1.807) is 6.08 Å². The van der Waals surface area contributed by atoms with Gasteiger partial charge in [-0.3, -0.25) is 0 Å². The Balaban J connectivity index is 0. The van der Waals surface area contributed by atoms with Crippen molar-refractivity contribution in [3.8, 4) is 0 Å². The molecule has 0 aromatic rings. The molecule has 0 atom stereocenters. The Labute approximate surface area is 76.4 Å². The maximum Gasteiger partial charge on any atom is 1.00 e. The van der Waals surface area contributed by atoms with Crippen molar-refractivity contribution in [2.45, 2.75) is 0 Å². The zero-order valence-corrected chi connectivity index (χ0v) is 7.52. The van der Waals surface area contributed by atoms with Crippen molar-refractivity contribution >= 4 is 5.97 Å². The molecule has 46 valence electrons. The first-order chi connectivity index (χ1) is 3.77. The van der Waals surface area contributed by atoms with E-state index in [1.807, 2.05) is 0 Å². The van der Waals surface area contributed by atoms with Crippen LogP contribution in [0.15, 0.2) is 12.7 Å². The number of carbonyl (C=O) groups excluding carboxylic acids is 1. The molecule has 0 saturated carbocycles. The molecule has 0 aliphatic heterocycles. The van der Waals surface area contributed by atoms with Crippen molar-refractivity contribution in [1.29, 1.82) is 0 Å². The molecule has 0 bridgehead atoms. The molecule has 0 aliphatic rings. The van der Waals surface area contributed by atoms with Crippen LogP contribution in [0.4, 0.5) is 0 Å². The van der Waals surface area contributed by atoms with Crippen LogP contribution in [0, 0.1) is 0 Å². The van der Waals surface area contributed by atoms with Gasteiger partial charge in [0.1, 0.15) is 0 Å². The number of carboxylic acid groups (broad SMARTS) is 1. The molecule has 4 heteroatoms. The fraction of sp³-hybridized carbons (Fsp3) is 0.400. The molecular weight excluding hydrogens is 129 g/mol. The van der Waals surface area contributed by atoms with E-state index in [0.29, 0.717) is 6.54 Å². The van der Waals surface area contributed by atoms with Gasteiger partial charge in [0.15, 0.2) is 0 Å². The van der Waals surface area contributed by atoms with E-state index in [0.717, 1.165) is 0 Å². The number of aliphatic carboxylic acids is 1. The second-order valence-corrected chi connectivity index (χ2v) is 1.29. The Morgan fingerprint density at radius 1 is 1.78 bits per heavy atom. The predicted molar refractivity (Wildman–Crippen MR) is 28.1 cm³/mol. The molecule has 0 heterocycles. The maximum absolute atomic E-state index is 9.67. The van der Waals surface area contributed by atoms with E-state index in [1.165, 1.54) is 0 Å². The number of carboxylic acids is 1. The van der Waals surface area contributed by atoms with Gasteiger partial charge in [0.25, 0.3) is 0 Å². The van der Waals surface area contributed by atoms with Gasteiger partial charge < -0.3 is 15.2 Å². The van der Waals surface area contributed by atoms with E-state index >= 15 is 0 Å². The summed E-state index contributed by atoms with van der Waals surface area (Å²) in [6.07, 6.45) is 1.59. The molecular formula is C5H8NNaO2. The summed E-state index contributed by atoms with van der Waals surface area (Å²) in [7, 11) is 0. The van der Waals surface area contributed by atoms with Crippen LogP contribution < -0.4 is 40.0 Å². The monoisotopic (exact) mass is 137 g/mol. The van der Waals surface area contributed by atoms with Crippen LogP contribution >= 0.6 is 0 Å². The van der Waals surface area contributed by atoms with Crippen molar-refractivity contribution in [3.05, 3.63) is 12.7 Å². The Morgan fingerprint density at radius 3 is 2.67 bits per heavy atom. The fourth-order valence-electron chi connectivity index (χ4n) is 0.276. The minimum Gasteiger partial charge on any atom is -0.549 e.